The molecule has 6 nitrogen and oxygen atoms in total. The van der Waals surface area contributed by atoms with E-state index >= 15 is 0 Å². The number of halogens is 2. The molecule has 124 valence electrons. The smallest absolute Gasteiger partial charge is 0.279 e. The van der Waals surface area contributed by atoms with Crippen LogP contribution in [0, 0.1) is 9.39 Å². The first kappa shape index (κ1) is 16.7. The van der Waals surface area contributed by atoms with Crippen molar-refractivity contribution in [1.82, 2.24) is 15.3 Å². The lowest BCUT2D eigenvalue weighted by Crippen LogP contribution is -2.26. The number of hydrogen-bond donors (Lipinski definition) is 2. The Balaban J connectivity index is 2.13. The minimum absolute atomic E-state index is 0.276. The average Bonchev–Trinajstić information content (AvgIpc) is 3.05. The van der Waals surface area contributed by atoms with E-state index in [1.54, 1.807) is 30.5 Å². The summed E-state index contributed by atoms with van der Waals surface area (Å²) in [7, 11) is 2.91. The lowest BCUT2D eigenvalue weighted by Gasteiger charge is -2.18. The fourth-order valence-electron chi connectivity index (χ4n) is 2.31. The summed E-state index contributed by atoms with van der Waals surface area (Å²) in [6.45, 7) is 0. The van der Waals surface area contributed by atoms with Gasteiger partial charge in [-0.25, -0.2) is 9.45 Å². The third-order valence-corrected chi connectivity index (χ3v) is 4.28. The van der Waals surface area contributed by atoms with E-state index < -0.39 is 5.82 Å². The molecule has 1 heterocycles. The summed E-state index contributed by atoms with van der Waals surface area (Å²) in [5.41, 5.74) is 1.83. The van der Waals surface area contributed by atoms with Gasteiger partial charge in [-0.1, -0.05) is 0 Å². The molecule has 3 rings (SSSR count). The van der Waals surface area contributed by atoms with Gasteiger partial charge in [-0.2, -0.15) is 5.10 Å². The monoisotopic (exact) mass is 440 g/mol. The van der Waals surface area contributed by atoms with Crippen LogP contribution in [0.15, 0.2) is 36.5 Å². The number of aromatic amines is 1. The minimum Gasteiger partial charge on any atom is -0.352 e. The topological polar surface area (TPSA) is 70.2 Å². The van der Waals surface area contributed by atoms with Gasteiger partial charge >= 0.3 is 0 Å². The SMILES string of the molecule is CON(C)C(=O)c1ccc2[nH]ncc2c1Nc1ccc(I)cc1F. The molecule has 0 bridgehead atoms. The van der Waals surface area contributed by atoms with Gasteiger partial charge in [0.05, 0.1) is 35.8 Å². The van der Waals surface area contributed by atoms with Gasteiger partial charge in [0.2, 0.25) is 0 Å². The van der Waals surface area contributed by atoms with Gasteiger partial charge in [0.15, 0.2) is 0 Å². The molecule has 0 saturated heterocycles. The number of amides is 1. The lowest BCUT2D eigenvalue weighted by atomic mass is 10.1. The second kappa shape index (κ2) is 6.73. The number of anilines is 2. The van der Waals surface area contributed by atoms with Gasteiger partial charge in [-0.15, -0.1) is 0 Å². The maximum absolute atomic E-state index is 14.2. The predicted octanol–water partition coefficient (Wildman–Crippen LogP) is 3.68. The van der Waals surface area contributed by atoms with Crippen LogP contribution >= 0.6 is 22.6 Å². The highest BCUT2D eigenvalue weighted by Crippen LogP contribution is 2.31. The van der Waals surface area contributed by atoms with Crippen molar-refractivity contribution in [3.63, 3.8) is 0 Å². The van der Waals surface area contributed by atoms with Crippen molar-refractivity contribution in [1.29, 1.82) is 0 Å². The molecule has 0 radical (unpaired) electrons. The maximum Gasteiger partial charge on any atom is 0.279 e. The first-order valence-electron chi connectivity index (χ1n) is 7.01. The van der Waals surface area contributed by atoms with Crippen molar-refractivity contribution in [2.24, 2.45) is 0 Å². The molecule has 0 aliphatic carbocycles. The van der Waals surface area contributed by atoms with Crippen LogP contribution in [0.3, 0.4) is 0 Å². The van der Waals surface area contributed by atoms with Gasteiger partial charge in [0.1, 0.15) is 5.82 Å². The van der Waals surface area contributed by atoms with E-state index in [9.17, 15) is 9.18 Å². The number of carbonyl (C=O) groups excluding carboxylic acids is 1. The number of H-pyrrole nitrogens is 1. The number of nitrogens with one attached hydrogen (secondary N) is 2. The van der Waals surface area contributed by atoms with Gasteiger partial charge < -0.3 is 5.32 Å². The summed E-state index contributed by atoms with van der Waals surface area (Å²) < 4.78 is 15.0. The van der Waals surface area contributed by atoms with Crippen LogP contribution in [-0.2, 0) is 4.84 Å². The van der Waals surface area contributed by atoms with Crippen LogP contribution < -0.4 is 5.32 Å². The fraction of sp³-hybridized carbons (Fsp3) is 0.125. The van der Waals surface area contributed by atoms with Crippen molar-refractivity contribution < 1.29 is 14.0 Å². The number of benzene rings is 2. The molecule has 3 aromatic rings. The Hall–Kier alpha value is -2.20. The van der Waals surface area contributed by atoms with E-state index in [-0.39, 0.29) is 11.6 Å². The first-order valence-corrected chi connectivity index (χ1v) is 8.09. The van der Waals surface area contributed by atoms with E-state index in [0.717, 1.165) is 14.2 Å². The van der Waals surface area contributed by atoms with Crippen LogP contribution in [-0.4, -0.2) is 35.3 Å². The molecule has 0 aliphatic heterocycles. The number of hydroxylamine groups is 2. The third-order valence-electron chi connectivity index (χ3n) is 3.61. The molecular weight excluding hydrogens is 426 g/mol. The Morgan fingerprint density at radius 3 is 2.88 bits per heavy atom. The minimum atomic E-state index is -0.402. The second-order valence-corrected chi connectivity index (χ2v) is 6.30. The highest BCUT2D eigenvalue weighted by Gasteiger charge is 2.20. The molecule has 2 aromatic carbocycles. The number of hydrogen-bond acceptors (Lipinski definition) is 4. The zero-order valence-corrected chi connectivity index (χ0v) is 15.1. The van der Waals surface area contributed by atoms with Crippen molar-refractivity contribution in [3.8, 4) is 0 Å². The molecule has 1 amide bonds. The van der Waals surface area contributed by atoms with Crippen LogP contribution in [0.1, 0.15) is 10.4 Å². The molecule has 1 aromatic heterocycles. The van der Waals surface area contributed by atoms with Crippen molar-refractivity contribution >= 4 is 50.8 Å². The van der Waals surface area contributed by atoms with Gasteiger partial charge in [-0.3, -0.25) is 14.7 Å². The van der Waals surface area contributed by atoms with Crippen LogP contribution in [0.25, 0.3) is 10.9 Å². The number of carbonyl (C=O) groups is 1. The normalized spacial score (nSPS) is 10.8. The van der Waals surface area contributed by atoms with E-state index in [1.807, 2.05) is 22.6 Å². The highest BCUT2D eigenvalue weighted by atomic mass is 127. The van der Waals surface area contributed by atoms with E-state index in [4.69, 9.17) is 4.84 Å². The summed E-state index contributed by atoms with van der Waals surface area (Å²) >= 11 is 2.04. The quantitative estimate of drug-likeness (QED) is 0.480. The summed E-state index contributed by atoms with van der Waals surface area (Å²) in [6, 6.07) is 8.22. The Morgan fingerprint density at radius 1 is 1.38 bits per heavy atom. The van der Waals surface area contributed by atoms with Gasteiger partial charge in [0.25, 0.3) is 5.91 Å². The summed E-state index contributed by atoms with van der Waals surface area (Å²) in [6.07, 6.45) is 1.59. The Morgan fingerprint density at radius 2 is 2.17 bits per heavy atom. The average molecular weight is 440 g/mol. The van der Waals surface area contributed by atoms with Crippen LogP contribution in [0.2, 0.25) is 0 Å². The van der Waals surface area contributed by atoms with Gasteiger partial charge in [-0.05, 0) is 52.9 Å². The molecular formula is C16H14FIN4O2. The lowest BCUT2D eigenvalue weighted by molar-refractivity contribution is -0.0756. The Labute approximate surface area is 151 Å². The molecule has 0 unspecified atom stereocenters. The van der Waals surface area contributed by atoms with Gasteiger partial charge in [0, 0.05) is 16.0 Å². The summed E-state index contributed by atoms with van der Waals surface area (Å²) in [5, 5.41) is 11.6. The van der Waals surface area contributed by atoms with Crippen molar-refractivity contribution in [2.45, 2.75) is 0 Å². The molecule has 0 spiro atoms. The van der Waals surface area contributed by atoms with E-state index in [2.05, 4.69) is 15.5 Å². The molecule has 8 heteroatoms. The second-order valence-electron chi connectivity index (χ2n) is 5.05. The fourth-order valence-corrected chi connectivity index (χ4v) is 2.76. The van der Waals surface area contributed by atoms with E-state index in [1.165, 1.54) is 20.2 Å². The Bertz CT molecular complexity index is 912. The number of rotatable bonds is 4. The number of aromatic nitrogens is 2. The molecule has 0 saturated carbocycles. The summed E-state index contributed by atoms with van der Waals surface area (Å²) in [4.78, 5) is 17.5. The first-order chi connectivity index (χ1) is 11.5. The molecule has 24 heavy (non-hydrogen) atoms. The van der Waals surface area contributed by atoms with Crippen LogP contribution in [0.5, 0.6) is 0 Å². The van der Waals surface area contributed by atoms with Crippen molar-refractivity contribution in [2.75, 3.05) is 19.5 Å². The standard InChI is InChI=1S/C16H14FIN4O2/c1-22(24-2)16(23)10-4-6-13-11(8-19-21-13)15(10)20-14-5-3-9(18)7-12(14)17/h3-8,20H,1-2H3,(H,19,21). The zero-order chi connectivity index (χ0) is 17.3. The molecule has 2 N–H and O–H groups in total. The van der Waals surface area contributed by atoms with E-state index in [0.29, 0.717) is 16.6 Å². The molecule has 0 aliphatic rings. The zero-order valence-electron chi connectivity index (χ0n) is 12.9. The third kappa shape index (κ3) is 3.06. The largest absolute Gasteiger partial charge is 0.352 e. The maximum atomic E-state index is 14.2. The van der Waals surface area contributed by atoms with Crippen LogP contribution in [0.4, 0.5) is 15.8 Å². The number of nitrogens with zero attached hydrogens (tertiary/aromatic N) is 2. The van der Waals surface area contributed by atoms with Crippen molar-refractivity contribution in [3.05, 3.63) is 51.5 Å². The predicted molar refractivity (Wildman–Crippen MR) is 97.6 cm³/mol. The summed E-state index contributed by atoms with van der Waals surface area (Å²) in [5.74, 6) is -0.755. The highest BCUT2D eigenvalue weighted by molar-refractivity contribution is 14.1. The Kier molecular flexibility index (Phi) is 4.67. The molecule has 0 atom stereocenters. The molecule has 0 fully saturated rings. The number of fused-ring (bicyclic) bond motifs is 1.